The average molecular weight is 320 g/mol. The SMILES string of the molecule is CC(C)(C)C(=O)OCCNC(=S)NC1CCc2ccccc21. The maximum absolute atomic E-state index is 11.6. The third kappa shape index (κ3) is 4.44. The molecule has 2 rings (SSSR count). The van der Waals surface area contributed by atoms with Gasteiger partial charge in [-0.25, -0.2) is 0 Å². The van der Waals surface area contributed by atoms with Crippen LogP contribution in [-0.4, -0.2) is 24.2 Å². The Labute approximate surface area is 137 Å². The Bertz CT molecular complexity index is 552. The minimum absolute atomic E-state index is 0.196. The molecule has 0 saturated carbocycles. The van der Waals surface area contributed by atoms with Gasteiger partial charge in [-0.3, -0.25) is 4.79 Å². The summed E-state index contributed by atoms with van der Waals surface area (Å²) in [6.07, 6.45) is 2.14. The molecule has 0 amide bonds. The van der Waals surface area contributed by atoms with E-state index in [0.29, 0.717) is 18.3 Å². The zero-order chi connectivity index (χ0) is 16.2. The zero-order valence-electron chi connectivity index (χ0n) is 13.4. The van der Waals surface area contributed by atoms with E-state index in [1.54, 1.807) is 0 Å². The Hall–Kier alpha value is -1.62. The molecule has 1 aromatic carbocycles. The van der Waals surface area contributed by atoms with Gasteiger partial charge in [0.2, 0.25) is 0 Å². The molecule has 2 N–H and O–H groups in total. The number of ether oxygens (including phenoxy) is 1. The van der Waals surface area contributed by atoms with E-state index in [9.17, 15) is 4.79 Å². The predicted octanol–water partition coefficient (Wildman–Crippen LogP) is 2.73. The van der Waals surface area contributed by atoms with Crippen molar-refractivity contribution in [2.24, 2.45) is 5.41 Å². The van der Waals surface area contributed by atoms with Crippen molar-refractivity contribution in [2.75, 3.05) is 13.2 Å². The molecule has 22 heavy (non-hydrogen) atoms. The number of carbonyl (C=O) groups excluding carboxylic acids is 1. The van der Waals surface area contributed by atoms with Crippen LogP contribution in [0.25, 0.3) is 0 Å². The van der Waals surface area contributed by atoms with Gasteiger partial charge in [0.05, 0.1) is 18.0 Å². The van der Waals surface area contributed by atoms with E-state index in [2.05, 4.69) is 34.9 Å². The zero-order valence-corrected chi connectivity index (χ0v) is 14.3. The van der Waals surface area contributed by atoms with Gasteiger partial charge in [0.25, 0.3) is 0 Å². The first-order chi connectivity index (χ1) is 10.4. The van der Waals surface area contributed by atoms with E-state index in [1.165, 1.54) is 11.1 Å². The fraction of sp³-hybridized carbons (Fsp3) is 0.529. The van der Waals surface area contributed by atoms with Crippen LogP contribution in [0.15, 0.2) is 24.3 Å². The molecule has 0 radical (unpaired) electrons. The van der Waals surface area contributed by atoms with Crippen molar-refractivity contribution < 1.29 is 9.53 Å². The molecule has 1 aliphatic rings. The lowest BCUT2D eigenvalue weighted by Crippen LogP contribution is -2.39. The molecule has 5 heteroatoms. The van der Waals surface area contributed by atoms with Crippen molar-refractivity contribution in [1.82, 2.24) is 10.6 Å². The first-order valence-electron chi connectivity index (χ1n) is 7.67. The van der Waals surface area contributed by atoms with Crippen LogP contribution in [0.4, 0.5) is 0 Å². The van der Waals surface area contributed by atoms with Crippen molar-refractivity contribution in [3.8, 4) is 0 Å². The second-order valence-electron chi connectivity index (χ2n) is 6.58. The highest BCUT2D eigenvalue weighted by Crippen LogP contribution is 2.30. The molecule has 4 nitrogen and oxygen atoms in total. The van der Waals surface area contributed by atoms with E-state index < -0.39 is 5.41 Å². The van der Waals surface area contributed by atoms with Gasteiger partial charge in [0.15, 0.2) is 5.11 Å². The van der Waals surface area contributed by atoms with Crippen molar-refractivity contribution in [1.29, 1.82) is 0 Å². The monoisotopic (exact) mass is 320 g/mol. The van der Waals surface area contributed by atoms with Crippen molar-refractivity contribution >= 4 is 23.3 Å². The smallest absolute Gasteiger partial charge is 0.311 e. The van der Waals surface area contributed by atoms with Crippen LogP contribution in [0, 0.1) is 5.41 Å². The molecule has 0 aromatic heterocycles. The Morgan fingerprint density at radius 2 is 2.09 bits per heavy atom. The molecule has 1 atom stereocenters. The third-order valence-electron chi connectivity index (χ3n) is 3.67. The summed E-state index contributed by atoms with van der Waals surface area (Å²) in [6, 6.07) is 8.71. The lowest BCUT2D eigenvalue weighted by Gasteiger charge is -2.19. The highest BCUT2D eigenvalue weighted by atomic mass is 32.1. The Morgan fingerprint density at radius 1 is 1.36 bits per heavy atom. The number of thiocarbonyl (C=S) groups is 1. The van der Waals surface area contributed by atoms with Crippen LogP contribution in [0.2, 0.25) is 0 Å². The van der Waals surface area contributed by atoms with Crippen LogP contribution in [-0.2, 0) is 16.0 Å². The van der Waals surface area contributed by atoms with Crippen molar-refractivity contribution in [3.05, 3.63) is 35.4 Å². The Kier molecular flexibility index (Phi) is 5.40. The van der Waals surface area contributed by atoms with Gasteiger partial charge in [-0.15, -0.1) is 0 Å². The van der Waals surface area contributed by atoms with Gasteiger partial charge in [0.1, 0.15) is 6.61 Å². The van der Waals surface area contributed by atoms with E-state index >= 15 is 0 Å². The van der Waals surface area contributed by atoms with Crippen molar-refractivity contribution in [2.45, 2.75) is 39.7 Å². The van der Waals surface area contributed by atoms with E-state index in [-0.39, 0.29) is 12.0 Å². The van der Waals surface area contributed by atoms with E-state index in [0.717, 1.165) is 12.8 Å². The fourth-order valence-corrected chi connectivity index (χ4v) is 2.69. The van der Waals surface area contributed by atoms with Crippen LogP contribution in [0.3, 0.4) is 0 Å². The van der Waals surface area contributed by atoms with Gasteiger partial charge in [-0.2, -0.15) is 0 Å². The van der Waals surface area contributed by atoms with Crippen molar-refractivity contribution in [3.63, 3.8) is 0 Å². The molecular weight excluding hydrogens is 296 g/mol. The maximum Gasteiger partial charge on any atom is 0.311 e. The van der Waals surface area contributed by atoms with Crippen LogP contribution in [0.1, 0.15) is 44.4 Å². The molecule has 0 bridgehead atoms. The van der Waals surface area contributed by atoms with E-state index in [4.69, 9.17) is 17.0 Å². The molecule has 0 fully saturated rings. The number of benzene rings is 1. The quantitative estimate of drug-likeness (QED) is 0.507. The molecule has 1 unspecified atom stereocenters. The number of nitrogens with one attached hydrogen (secondary N) is 2. The van der Waals surface area contributed by atoms with Gasteiger partial charge in [-0.05, 0) is 57.0 Å². The first kappa shape index (κ1) is 16.7. The maximum atomic E-state index is 11.6. The summed E-state index contributed by atoms with van der Waals surface area (Å²) in [4.78, 5) is 11.6. The second-order valence-corrected chi connectivity index (χ2v) is 6.98. The summed E-state index contributed by atoms with van der Waals surface area (Å²) < 4.78 is 5.19. The molecule has 0 aliphatic heterocycles. The normalized spacial score (nSPS) is 16.8. The van der Waals surface area contributed by atoms with Gasteiger partial charge in [0, 0.05) is 0 Å². The number of aryl methyl sites for hydroxylation is 1. The number of hydrogen-bond donors (Lipinski definition) is 2. The van der Waals surface area contributed by atoms with Gasteiger partial charge in [-0.1, -0.05) is 24.3 Å². The summed E-state index contributed by atoms with van der Waals surface area (Å²) in [6.45, 7) is 6.35. The predicted molar refractivity (Wildman–Crippen MR) is 91.7 cm³/mol. The van der Waals surface area contributed by atoms with Gasteiger partial charge < -0.3 is 15.4 Å². The number of rotatable bonds is 4. The lowest BCUT2D eigenvalue weighted by molar-refractivity contribution is -0.152. The topological polar surface area (TPSA) is 50.4 Å². The van der Waals surface area contributed by atoms with Crippen LogP contribution in [0.5, 0.6) is 0 Å². The Balaban J connectivity index is 1.70. The highest BCUT2D eigenvalue weighted by molar-refractivity contribution is 7.80. The molecule has 1 aromatic rings. The van der Waals surface area contributed by atoms with Crippen LogP contribution < -0.4 is 10.6 Å². The summed E-state index contributed by atoms with van der Waals surface area (Å²) in [5, 5.41) is 7.03. The number of esters is 1. The summed E-state index contributed by atoms with van der Waals surface area (Å²) in [7, 11) is 0. The molecule has 1 aliphatic carbocycles. The second kappa shape index (κ2) is 7.09. The first-order valence-corrected chi connectivity index (χ1v) is 8.08. The summed E-state index contributed by atoms with van der Waals surface area (Å²) in [5.74, 6) is -0.196. The molecule has 0 saturated heterocycles. The summed E-state index contributed by atoms with van der Waals surface area (Å²) in [5.41, 5.74) is 2.25. The highest BCUT2D eigenvalue weighted by Gasteiger charge is 2.23. The van der Waals surface area contributed by atoms with E-state index in [1.807, 2.05) is 20.8 Å². The average Bonchev–Trinajstić information content (AvgIpc) is 2.86. The molecule has 0 spiro atoms. The number of carbonyl (C=O) groups is 1. The fourth-order valence-electron chi connectivity index (χ4n) is 2.44. The molecular formula is C17H24N2O2S. The molecule has 120 valence electrons. The minimum atomic E-state index is -0.466. The third-order valence-corrected chi connectivity index (χ3v) is 3.93. The minimum Gasteiger partial charge on any atom is -0.463 e. The Morgan fingerprint density at radius 3 is 2.82 bits per heavy atom. The number of fused-ring (bicyclic) bond motifs is 1. The number of hydrogen-bond acceptors (Lipinski definition) is 3. The standard InChI is InChI=1S/C17H24N2O2S/c1-17(2,3)15(20)21-11-10-18-16(22)19-14-9-8-12-6-4-5-7-13(12)14/h4-7,14H,8-11H2,1-3H3,(H2,18,19,22). The lowest BCUT2D eigenvalue weighted by atomic mass is 9.97. The largest absolute Gasteiger partial charge is 0.463 e. The van der Waals surface area contributed by atoms with Crippen LogP contribution >= 0.6 is 12.2 Å². The van der Waals surface area contributed by atoms with Gasteiger partial charge >= 0.3 is 5.97 Å². The summed E-state index contributed by atoms with van der Waals surface area (Å²) >= 11 is 5.31. The molecule has 0 heterocycles.